The average Bonchev–Trinajstić information content (AvgIpc) is 3.42. The number of nitrogens with two attached hydrogens (primary N) is 1. The molecule has 1 amide bonds. The van der Waals surface area contributed by atoms with Crippen LogP contribution in [0.4, 0.5) is 11.6 Å². The van der Waals surface area contributed by atoms with E-state index in [0.29, 0.717) is 53.1 Å². The first-order valence-electron chi connectivity index (χ1n) is 10.0. The van der Waals surface area contributed by atoms with Crippen LogP contribution in [-0.4, -0.2) is 64.7 Å². The van der Waals surface area contributed by atoms with E-state index in [1.807, 2.05) is 18.3 Å². The van der Waals surface area contributed by atoms with E-state index in [1.165, 1.54) is 12.4 Å². The molecule has 1 fully saturated rings. The van der Waals surface area contributed by atoms with Crippen molar-refractivity contribution in [3.63, 3.8) is 0 Å². The molecule has 0 bridgehead atoms. The number of amides is 1. The van der Waals surface area contributed by atoms with Crippen molar-refractivity contribution in [2.45, 2.75) is 6.42 Å². The zero-order valence-corrected chi connectivity index (χ0v) is 17.9. The van der Waals surface area contributed by atoms with Crippen LogP contribution in [0, 0.1) is 17.8 Å². The van der Waals surface area contributed by atoms with Crippen LogP contribution in [0.1, 0.15) is 17.5 Å². The van der Waals surface area contributed by atoms with Crippen LogP contribution < -0.4 is 15.2 Å². The maximum atomic E-state index is 11.9. The summed E-state index contributed by atoms with van der Waals surface area (Å²) in [5.41, 5.74) is 7.89. The monoisotopic (exact) mass is 431 g/mol. The van der Waals surface area contributed by atoms with E-state index in [9.17, 15) is 4.79 Å². The third-order valence-electron chi connectivity index (χ3n) is 5.26. The predicted octanol–water partition coefficient (Wildman–Crippen LogP) is 1.59. The topological polar surface area (TPSA) is 106 Å². The maximum absolute atomic E-state index is 11.9. The number of anilines is 1. The van der Waals surface area contributed by atoms with Crippen molar-refractivity contribution >= 4 is 29.5 Å². The summed E-state index contributed by atoms with van der Waals surface area (Å²) >= 11 is 0. The van der Waals surface area contributed by atoms with Crippen LogP contribution >= 0.6 is 0 Å². The van der Waals surface area contributed by atoms with Gasteiger partial charge in [-0.25, -0.2) is 0 Å². The number of hydrogen-bond acceptors (Lipinski definition) is 7. The Bertz CT molecular complexity index is 1190. The first-order valence-corrected chi connectivity index (χ1v) is 10.0. The number of hydrogen-bond donors (Lipinski definition) is 1. The molecule has 1 aromatic heterocycles. The maximum Gasteiger partial charge on any atom is 0.363 e. The lowest BCUT2D eigenvalue weighted by Crippen LogP contribution is -2.27. The molecule has 0 radical (unpaired) electrons. The van der Waals surface area contributed by atoms with Gasteiger partial charge in [-0.1, -0.05) is 17.6 Å². The molecule has 2 aromatic rings. The Kier molecular flexibility index (Phi) is 5.85. The van der Waals surface area contributed by atoms with Crippen molar-refractivity contribution in [3.05, 3.63) is 48.3 Å². The molecule has 0 spiro atoms. The predicted molar refractivity (Wildman–Crippen MR) is 120 cm³/mol. The number of carbonyl (C=O) groups excluding carboxylic acids is 1. The summed E-state index contributed by atoms with van der Waals surface area (Å²) in [6.07, 6.45) is 5.51. The molecule has 0 aliphatic carbocycles. The Morgan fingerprint density at radius 1 is 1.25 bits per heavy atom. The van der Waals surface area contributed by atoms with Crippen molar-refractivity contribution < 1.29 is 19.0 Å². The SMILES string of the molecule is C=CC(=O)N1CCC(/C=[N+]2/N=C(C#Cc3cc(OC)cc(OC)c3)c3c(N)ncnc32)C1. The standard InChI is InChI=1S/C23H23N6O3/c1-4-20(30)28-8-7-16(12-28)13-29-23-21(22(24)25-14-26-23)19(27-29)6-5-15-9-17(31-2)11-18(10-15)32-3/h4,9-11,13-14,16H,1,7-8,12H2,2-3H3,(H2,24,25,26)/q+1/b29-13+. The van der Waals surface area contributed by atoms with Crippen molar-refractivity contribution in [1.82, 2.24) is 14.9 Å². The van der Waals surface area contributed by atoms with Crippen molar-refractivity contribution in [2.24, 2.45) is 11.0 Å². The molecule has 32 heavy (non-hydrogen) atoms. The molecule has 2 aliphatic heterocycles. The Labute approximate surface area is 185 Å². The molecule has 1 aromatic carbocycles. The van der Waals surface area contributed by atoms with Gasteiger partial charge in [0.25, 0.3) is 0 Å². The third-order valence-corrected chi connectivity index (χ3v) is 5.26. The Morgan fingerprint density at radius 2 is 2.00 bits per heavy atom. The van der Waals surface area contributed by atoms with Gasteiger partial charge in [0.05, 0.1) is 14.2 Å². The molecule has 2 aliphatic rings. The second-order valence-corrected chi connectivity index (χ2v) is 7.29. The van der Waals surface area contributed by atoms with E-state index in [4.69, 9.17) is 15.2 Å². The van der Waals surface area contributed by atoms with E-state index in [0.717, 1.165) is 6.42 Å². The van der Waals surface area contributed by atoms with E-state index in [-0.39, 0.29) is 11.8 Å². The minimum absolute atomic E-state index is 0.0712. The first-order chi connectivity index (χ1) is 15.5. The quantitative estimate of drug-likeness (QED) is 0.448. The highest BCUT2D eigenvalue weighted by atomic mass is 16.5. The van der Waals surface area contributed by atoms with Gasteiger partial charge in [-0.05, 0) is 35.5 Å². The van der Waals surface area contributed by atoms with Gasteiger partial charge in [0, 0.05) is 30.6 Å². The fraction of sp³-hybridized carbons (Fsp3) is 0.261. The number of rotatable bonds is 4. The van der Waals surface area contributed by atoms with Gasteiger partial charge in [-0.15, -0.1) is 4.68 Å². The lowest BCUT2D eigenvalue weighted by Gasteiger charge is -2.12. The molecule has 3 heterocycles. The van der Waals surface area contributed by atoms with Crippen LogP contribution in [0.15, 0.2) is 42.3 Å². The summed E-state index contributed by atoms with van der Waals surface area (Å²) in [4.78, 5) is 22.1. The fourth-order valence-electron chi connectivity index (χ4n) is 3.64. The number of likely N-dealkylation sites (tertiary alicyclic amines) is 1. The van der Waals surface area contributed by atoms with Gasteiger partial charge in [-0.2, -0.15) is 4.98 Å². The second-order valence-electron chi connectivity index (χ2n) is 7.29. The molecule has 1 unspecified atom stereocenters. The Hall–Kier alpha value is -4.19. The first kappa shape index (κ1) is 21.1. The lowest BCUT2D eigenvalue weighted by atomic mass is 10.1. The van der Waals surface area contributed by atoms with Gasteiger partial charge in [-0.3, -0.25) is 4.79 Å². The molecule has 2 N–H and O–H groups in total. The van der Waals surface area contributed by atoms with Crippen LogP contribution in [-0.2, 0) is 4.79 Å². The van der Waals surface area contributed by atoms with Crippen molar-refractivity contribution in [1.29, 1.82) is 0 Å². The normalized spacial score (nSPS) is 17.9. The molecule has 9 heteroatoms. The number of benzene rings is 1. The Balaban J connectivity index is 1.68. The second kappa shape index (κ2) is 8.89. The smallest absolute Gasteiger partial charge is 0.363 e. The van der Waals surface area contributed by atoms with Crippen molar-refractivity contribution in [3.8, 4) is 23.3 Å². The number of aromatic nitrogens is 2. The number of nitrogen functional groups attached to an aromatic ring is 1. The van der Waals surface area contributed by atoms with Crippen molar-refractivity contribution in [2.75, 3.05) is 33.0 Å². The minimum atomic E-state index is -0.0712. The molecule has 162 valence electrons. The summed E-state index contributed by atoms with van der Waals surface area (Å²) in [5.74, 6) is 8.37. The molecule has 4 rings (SSSR count). The zero-order chi connectivity index (χ0) is 22.7. The molecule has 9 nitrogen and oxygen atoms in total. The van der Waals surface area contributed by atoms with Crippen LogP contribution in [0.2, 0.25) is 0 Å². The van der Waals surface area contributed by atoms with Crippen LogP contribution in [0.25, 0.3) is 0 Å². The number of hydrazone groups is 1. The lowest BCUT2D eigenvalue weighted by molar-refractivity contribution is -0.442. The third kappa shape index (κ3) is 4.16. The van der Waals surface area contributed by atoms with E-state index >= 15 is 0 Å². The van der Waals surface area contributed by atoms with Gasteiger partial charge in [0.2, 0.25) is 12.2 Å². The summed E-state index contributed by atoms with van der Waals surface area (Å²) in [5, 5.41) is 4.62. The number of ether oxygens (including phenoxy) is 2. The summed E-state index contributed by atoms with van der Waals surface area (Å²) in [6.45, 7) is 4.82. The van der Waals surface area contributed by atoms with E-state index in [1.54, 1.807) is 29.9 Å². The average molecular weight is 431 g/mol. The molecular formula is C23H23N6O3+. The highest BCUT2D eigenvalue weighted by Crippen LogP contribution is 2.28. The van der Waals surface area contributed by atoms with E-state index < -0.39 is 0 Å². The van der Waals surface area contributed by atoms with Gasteiger partial charge >= 0.3 is 5.82 Å². The van der Waals surface area contributed by atoms with Gasteiger partial charge < -0.3 is 20.1 Å². The van der Waals surface area contributed by atoms with Crippen LogP contribution in [0.3, 0.4) is 0 Å². The van der Waals surface area contributed by atoms with Gasteiger partial charge in [0.1, 0.15) is 23.5 Å². The molecule has 1 saturated heterocycles. The minimum Gasteiger partial charge on any atom is -0.497 e. The van der Waals surface area contributed by atoms with Crippen LogP contribution in [0.5, 0.6) is 11.5 Å². The summed E-state index contributed by atoms with van der Waals surface area (Å²) in [7, 11) is 3.17. The highest BCUT2D eigenvalue weighted by molar-refractivity contribution is 6.18. The zero-order valence-electron chi connectivity index (χ0n) is 17.9. The number of carbonyl (C=O) groups is 1. The Morgan fingerprint density at radius 3 is 2.69 bits per heavy atom. The molecule has 0 saturated carbocycles. The fourth-order valence-corrected chi connectivity index (χ4v) is 3.64. The van der Waals surface area contributed by atoms with Gasteiger partial charge in [0.15, 0.2) is 11.3 Å². The number of nitrogens with zero attached hydrogens (tertiary/aromatic N) is 5. The molecule has 1 atom stereocenters. The van der Waals surface area contributed by atoms with E-state index in [2.05, 4.69) is 33.5 Å². The summed E-state index contributed by atoms with van der Waals surface area (Å²) in [6, 6.07) is 5.40. The number of methoxy groups -OCH3 is 2. The molecular weight excluding hydrogens is 408 g/mol. The highest BCUT2D eigenvalue weighted by Gasteiger charge is 2.33. The number of fused-ring (bicyclic) bond motifs is 1. The summed E-state index contributed by atoms with van der Waals surface area (Å²) < 4.78 is 12.3. The largest absolute Gasteiger partial charge is 0.497 e.